The average molecular weight is 409 g/mol. The van der Waals surface area contributed by atoms with Crippen LogP contribution in [0.1, 0.15) is 36.9 Å². The van der Waals surface area contributed by atoms with Gasteiger partial charge in [0.25, 0.3) is 11.7 Å². The molecule has 0 aliphatic carbocycles. The van der Waals surface area contributed by atoms with Gasteiger partial charge in [0.1, 0.15) is 23.9 Å². The summed E-state index contributed by atoms with van der Waals surface area (Å²) in [7, 11) is 0. The molecule has 0 aromatic heterocycles. The molecular weight excluding hydrogens is 385 g/mol. The van der Waals surface area contributed by atoms with E-state index < -0.39 is 23.5 Å². The fourth-order valence-electron chi connectivity index (χ4n) is 3.48. The van der Waals surface area contributed by atoms with Crippen molar-refractivity contribution in [1.82, 2.24) is 4.90 Å². The topological polar surface area (TPSA) is 66.8 Å². The first-order valence-electron chi connectivity index (χ1n) is 9.86. The van der Waals surface area contributed by atoms with Gasteiger partial charge in [-0.05, 0) is 36.8 Å². The standard InChI is InChI=1S/C24H24FNO4/c1-3-5-14-26-21(18-8-6-7-9-19(18)25)20(23(28)24(26)29)22(27)16-10-12-17(13-11-16)30-15-4-2/h4,6-13,21,27H,2-3,5,14-15H2,1H3. The number of nitrogens with zero attached hydrogens (tertiary/aromatic N) is 1. The van der Waals surface area contributed by atoms with Gasteiger partial charge in [-0.25, -0.2) is 4.39 Å². The Morgan fingerprint density at radius 2 is 1.90 bits per heavy atom. The van der Waals surface area contributed by atoms with E-state index in [1.54, 1.807) is 42.5 Å². The number of unbranched alkanes of at least 4 members (excludes halogenated alkanes) is 1. The van der Waals surface area contributed by atoms with Crippen molar-refractivity contribution in [2.45, 2.75) is 25.8 Å². The molecule has 1 unspecified atom stereocenters. The van der Waals surface area contributed by atoms with E-state index in [9.17, 15) is 19.1 Å². The Labute approximate surface area is 175 Å². The van der Waals surface area contributed by atoms with Crippen LogP contribution in [0.2, 0.25) is 0 Å². The normalized spacial score (nSPS) is 17.9. The van der Waals surface area contributed by atoms with Crippen molar-refractivity contribution in [3.05, 3.63) is 83.7 Å². The minimum Gasteiger partial charge on any atom is -0.507 e. The number of carbonyl (C=O) groups excluding carboxylic acids is 2. The summed E-state index contributed by atoms with van der Waals surface area (Å²) in [5.74, 6) is -1.85. The number of hydrogen-bond donors (Lipinski definition) is 1. The zero-order valence-electron chi connectivity index (χ0n) is 16.8. The van der Waals surface area contributed by atoms with E-state index in [1.165, 1.54) is 17.0 Å². The molecule has 2 aromatic carbocycles. The number of aliphatic hydroxyl groups excluding tert-OH is 1. The first kappa shape index (κ1) is 21.3. The minimum absolute atomic E-state index is 0.110. The molecule has 0 spiro atoms. The Hall–Kier alpha value is -3.41. The molecule has 0 saturated carbocycles. The third-order valence-corrected chi connectivity index (χ3v) is 4.99. The van der Waals surface area contributed by atoms with E-state index in [0.717, 1.165) is 6.42 Å². The van der Waals surface area contributed by atoms with Crippen LogP contribution in [0.25, 0.3) is 5.76 Å². The van der Waals surface area contributed by atoms with E-state index in [1.807, 2.05) is 6.92 Å². The molecule has 1 aliphatic heterocycles. The van der Waals surface area contributed by atoms with Gasteiger partial charge in [0.2, 0.25) is 0 Å². The van der Waals surface area contributed by atoms with Crippen LogP contribution in [-0.2, 0) is 9.59 Å². The smallest absolute Gasteiger partial charge is 0.295 e. The maximum absolute atomic E-state index is 14.6. The summed E-state index contributed by atoms with van der Waals surface area (Å²) < 4.78 is 20.0. The largest absolute Gasteiger partial charge is 0.507 e. The molecule has 5 nitrogen and oxygen atoms in total. The van der Waals surface area contributed by atoms with Gasteiger partial charge in [0.05, 0.1) is 11.6 Å². The lowest BCUT2D eigenvalue weighted by atomic mass is 9.95. The van der Waals surface area contributed by atoms with Crippen LogP contribution in [0, 0.1) is 5.82 Å². The van der Waals surface area contributed by atoms with Gasteiger partial charge in [-0.2, -0.15) is 0 Å². The summed E-state index contributed by atoms with van der Waals surface area (Å²) in [5.41, 5.74) is 0.414. The van der Waals surface area contributed by atoms with Crippen molar-refractivity contribution in [2.75, 3.05) is 13.2 Å². The van der Waals surface area contributed by atoms with Crippen LogP contribution in [-0.4, -0.2) is 34.8 Å². The van der Waals surface area contributed by atoms with Crippen LogP contribution in [0.15, 0.2) is 66.8 Å². The quantitative estimate of drug-likeness (QED) is 0.299. The summed E-state index contributed by atoms with van der Waals surface area (Å²) in [6, 6.07) is 11.5. The number of benzene rings is 2. The summed E-state index contributed by atoms with van der Waals surface area (Å²) in [6.45, 7) is 6.18. The van der Waals surface area contributed by atoms with Crippen LogP contribution < -0.4 is 4.74 Å². The lowest BCUT2D eigenvalue weighted by Gasteiger charge is -2.25. The van der Waals surface area contributed by atoms with Crippen LogP contribution in [0.5, 0.6) is 5.75 Å². The maximum Gasteiger partial charge on any atom is 0.295 e. The first-order chi connectivity index (χ1) is 14.5. The predicted octanol–water partition coefficient (Wildman–Crippen LogP) is 4.61. The fourth-order valence-corrected chi connectivity index (χ4v) is 3.48. The Morgan fingerprint density at radius 1 is 1.20 bits per heavy atom. The number of halogens is 1. The molecule has 2 aromatic rings. The van der Waals surface area contributed by atoms with Gasteiger partial charge in [-0.3, -0.25) is 9.59 Å². The Morgan fingerprint density at radius 3 is 2.53 bits per heavy atom. The average Bonchev–Trinajstić information content (AvgIpc) is 3.01. The zero-order valence-corrected chi connectivity index (χ0v) is 16.8. The molecule has 0 bridgehead atoms. The number of rotatable bonds is 8. The Balaban J connectivity index is 2.08. The second-order valence-electron chi connectivity index (χ2n) is 6.99. The molecule has 156 valence electrons. The lowest BCUT2D eigenvalue weighted by Crippen LogP contribution is -2.31. The number of carbonyl (C=O) groups is 2. The summed E-state index contributed by atoms with van der Waals surface area (Å²) in [6.07, 6.45) is 3.08. The van der Waals surface area contributed by atoms with Gasteiger partial charge < -0.3 is 14.7 Å². The van der Waals surface area contributed by atoms with Crippen molar-refractivity contribution in [3.8, 4) is 5.75 Å². The summed E-state index contributed by atoms with van der Waals surface area (Å²) >= 11 is 0. The Kier molecular flexibility index (Phi) is 6.67. The summed E-state index contributed by atoms with van der Waals surface area (Å²) in [4.78, 5) is 26.9. The number of hydrogen-bond acceptors (Lipinski definition) is 4. The number of Topliss-reactive ketones (excluding diaryl/α,β-unsaturated/α-hetero) is 1. The van der Waals surface area contributed by atoms with E-state index in [0.29, 0.717) is 30.9 Å². The number of aliphatic hydroxyl groups is 1. The van der Waals surface area contributed by atoms with Crippen molar-refractivity contribution < 1.29 is 23.8 Å². The fraction of sp³-hybridized carbons (Fsp3) is 0.250. The van der Waals surface area contributed by atoms with E-state index >= 15 is 0 Å². The van der Waals surface area contributed by atoms with Gasteiger partial charge in [0, 0.05) is 17.7 Å². The number of ether oxygens (including phenoxy) is 1. The van der Waals surface area contributed by atoms with Crippen LogP contribution in [0.4, 0.5) is 4.39 Å². The van der Waals surface area contributed by atoms with E-state index in [2.05, 4.69) is 6.58 Å². The molecule has 1 N–H and O–H groups in total. The third kappa shape index (κ3) is 4.13. The highest BCUT2D eigenvalue weighted by atomic mass is 19.1. The second-order valence-corrected chi connectivity index (χ2v) is 6.99. The highest BCUT2D eigenvalue weighted by Crippen LogP contribution is 2.40. The van der Waals surface area contributed by atoms with Crippen molar-refractivity contribution in [2.24, 2.45) is 0 Å². The molecule has 3 rings (SSSR count). The molecule has 30 heavy (non-hydrogen) atoms. The van der Waals surface area contributed by atoms with E-state index in [4.69, 9.17) is 4.74 Å². The van der Waals surface area contributed by atoms with Gasteiger partial charge in [0.15, 0.2) is 0 Å². The lowest BCUT2D eigenvalue weighted by molar-refractivity contribution is -0.139. The highest BCUT2D eigenvalue weighted by molar-refractivity contribution is 6.46. The number of likely N-dealkylation sites (tertiary alicyclic amines) is 1. The molecule has 1 amide bonds. The number of ketones is 1. The van der Waals surface area contributed by atoms with Crippen molar-refractivity contribution >= 4 is 17.4 Å². The van der Waals surface area contributed by atoms with E-state index in [-0.39, 0.29) is 16.9 Å². The number of amides is 1. The van der Waals surface area contributed by atoms with Gasteiger partial charge in [-0.1, -0.05) is 44.2 Å². The van der Waals surface area contributed by atoms with Crippen molar-refractivity contribution in [3.63, 3.8) is 0 Å². The minimum atomic E-state index is -0.977. The second kappa shape index (κ2) is 9.39. The first-order valence-corrected chi connectivity index (χ1v) is 9.86. The van der Waals surface area contributed by atoms with Crippen LogP contribution >= 0.6 is 0 Å². The van der Waals surface area contributed by atoms with Gasteiger partial charge >= 0.3 is 0 Å². The molecule has 1 aliphatic rings. The predicted molar refractivity (Wildman–Crippen MR) is 112 cm³/mol. The van der Waals surface area contributed by atoms with Crippen molar-refractivity contribution in [1.29, 1.82) is 0 Å². The van der Waals surface area contributed by atoms with Crippen LogP contribution in [0.3, 0.4) is 0 Å². The zero-order chi connectivity index (χ0) is 21.7. The third-order valence-electron chi connectivity index (χ3n) is 4.99. The molecule has 6 heteroatoms. The SMILES string of the molecule is C=CCOc1ccc(C(O)=C2C(=O)C(=O)N(CCCC)C2c2ccccc2F)cc1. The molecule has 1 saturated heterocycles. The summed E-state index contributed by atoms with van der Waals surface area (Å²) in [5, 5.41) is 10.9. The Bertz CT molecular complexity index is 981. The van der Waals surface area contributed by atoms with Gasteiger partial charge in [-0.15, -0.1) is 0 Å². The molecular formula is C24H24FNO4. The monoisotopic (exact) mass is 409 g/mol. The molecule has 1 fully saturated rings. The maximum atomic E-state index is 14.6. The molecule has 1 atom stereocenters. The highest BCUT2D eigenvalue weighted by Gasteiger charge is 2.46. The molecule has 0 radical (unpaired) electrons. The molecule has 1 heterocycles.